The predicted molar refractivity (Wildman–Crippen MR) is 164 cm³/mol. The van der Waals surface area contributed by atoms with Crippen molar-refractivity contribution >= 4 is 35.8 Å². The van der Waals surface area contributed by atoms with Crippen molar-refractivity contribution in [1.29, 1.82) is 0 Å². The van der Waals surface area contributed by atoms with E-state index >= 15 is 0 Å². The summed E-state index contributed by atoms with van der Waals surface area (Å²) in [6.45, 7) is 0. The molecule has 3 saturated carbocycles. The van der Waals surface area contributed by atoms with Crippen LogP contribution in [0.3, 0.4) is 0 Å². The lowest BCUT2D eigenvalue weighted by molar-refractivity contribution is -0.139. The first kappa shape index (κ1) is 39.1. The molecule has 3 aliphatic carbocycles. The van der Waals surface area contributed by atoms with E-state index in [0.717, 1.165) is 77.0 Å². The molecule has 0 aromatic rings. The molecule has 0 saturated heterocycles. The van der Waals surface area contributed by atoms with Crippen molar-refractivity contribution in [2.75, 3.05) is 0 Å². The van der Waals surface area contributed by atoms with Gasteiger partial charge in [0.2, 0.25) is 0 Å². The number of rotatable bonds is 12. The molecule has 0 aromatic carbocycles. The molecule has 0 spiro atoms. The number of carboxylic acids is 6. The second-order valence-electron chi connectivity index (χ2n) is 11.9. The minimum Gasteiger partial charge on any atom is -0.481 e. The zero-order chi connectivity index (χ0) is 33.8. The Hall–Kier alpha value is -3.96. The normalized spacial score (nSPS) is 18.8. The van der Waals surface area contributed by atoms with Gasteiger partial charge < -0.3 is 30.6 Å². The highest BCUT2D eigenvalue weighted by molar-refractivity contribution is 5.93. The van der Waals surface area contributed by atoms with E-state index in [1.807, 2.05) is 0 Å². The Kier molecular flexibility index (Phi) is 18.8. The molecule has 12 nitrogen and oxygen atoms in total. The summed E-state index contributed by atoms with van der Waals surface area (Å²) in [6.07, 6.45) is 19.9. The van der Waals surface area contributed by atoms with Crippen LogP contribution in [0.2, 0.25) is 0 Å². The van der Waals surface area contributed by atoms with Crippen molar-refractivity contribution in [3.63, 3.8) is 0 Å². The SMILES string of the molecule is O=C(O)C/C(=C\C1CCCCC1)C(=O)O.O=C(O)C/C(=C\C1CCCCC1)C(=O)O.O=C(O)C/C(=C\C1CCCCC1)C(=O)O. The Morgan fingerprint density at radius 3 is 0.733 bits per heavy atom. The average Bonchev–Trinajstić information content (AvgIpc) is 2.98. The van der Waals surface area contributed by atoms with Gasteiger partial charge in [-0.2, -0.15) is 0 Å². The monoisotopic (exact) mass is 636 g/mol. The number of carboxylic acid groups (broad SMARTS) is 6. The van der Waals surface area contributed by atoms with E-state index in [-0.39, 0.29) is 53.7 Å². The molecule has 6 N–H and O–H groups in total. The first-order chi connectivity index (χ1) is 21.3. The summed E-state index contributed by atoms with van der Waals surface area (Å²) in [4.78, 5) is 63.7. The smallest absolute Gasteiger partial charge is 0.331 e. The minimum atomic E-state index is -1.11. The third-order valence-electron chi connectivity index (χ3n) is 8.11. The molecule has 0 bridgehead atoms. The van der Waals surface area contributed by atoms with Gasteiger partial charge in [0.25, 0.3) is 0 Å². The van der Waals surface area contributed by atoms with Crippen LogP contribution in [0.25, 0.3) is 0 Å². The van der Waals surface area contributed by atoms with Gasteiger partial charge in [0, 0.05) is 16.7 Å². The lowest BCUT2D eigenvalue weighted by Crippen LogP contribution is -2.11. The average molecular weight is 637 g/mol. The van der Waals surface area contributed by atoms with E-state index in [4.69, 9.17) is 30.6 Å². The van der Waals surface area contributed by atoms with Gasteiger partial charge in [0.15, 0.2) is 0 Å². The topological polar surface area (TPSA) is 224 Å². The second-order valence-corrected chi connectivity index (χ2v) is 11.9. The number of hydrogen-bond acceptors (Lipinski definition) is 6. The predicted octanol–water partition coefficient (Wildman–Crippen LogP) is 6.16. The van der Waals surface area contributed by atoms with Crippen molar-refractivity contribution in [1.82, 2.24) is 0 Å². The van der Waals surface area contributed by atoms with Crippen molar-refractivity contribution in [3.8, 4) is 0 Å². The maximum Gasteiger partial charge on any atom is 0.331 e. The highest BCUT2D eigenvalue weighted by Gasteiger charge is 2.19. The third-order valence-corrected chi connectivity index (χ3v) is 8.11. The van der Waals surface area contributed by atoms with Gasteiger partial charge in [-0.1, -0.05) is 76.0 Å². The highest BCUT2D eigenvalue weighted by Crippen LogP contribution is 2.28. The molecule has 0 aromatic heterocycles. The lowest BCUT2D eigenvalue weighted by atomic mass is 9.87. The molecule has 0 atom stereocenters. The van der Waals surface area contributed by atoms with E-state index in [0.29, 0.717) is 0 Å². The zero-order valence-electron chi connectivity index (χ0n) is 25.8. The summed E-state index contributed by atoms with van der Waals surface area (Å²) in [5, 5.41) is 52.1. The van der Waals surface area contributed by atoms with Gasteiger partial charge >= 0.3 is 35.8 Å². The highest BCUT2D eigenvalue weighted by atomic mass is 16.4. The first-order valence-corrected chi connectivity index (χ1v) is 15.8. The van der Waals surface area contributed by atoms with Gasteiger partial charge in [0.05, 0.1) is 19.3 Å². The quantitative estimate of drug-likeness (QED) is 0.133. The van der Waals surface area contributed by atoms with Crippen molar-refractivity contribution in [2.45, 2.75) is 116 Å². The first-order valence-electron chi connectivity index (χ1n) is 15.8. The fourth-order valence-electron chi connectivity index (χ4n) is 5.86. The molecule has 12 heteroatoms. The molecular formula is C33H48O12. The van der Waals surface area contributed by atoms with Crippen LogP contribution in [0.1, 0.15) is 116 Å². The van der Waals surface area contributed by atoms with Gasteiger partial charge in [-0.15, -0.1) is 0 Å². The van der Waals surface area contributed by atoms with E-state index in [2.05, 4.69) is 0 Å². The summed E-state index contributed by atoms with van der Waals surface area (Å²) in [6, 6.07) is 0. The molecule has 0 aliphatic heterocycles. The Morgan fingerprint density at radius 1 is 0.378 bits per heavy atom. The van der Waals surface area contributed by atoms with Gasteiger partial charge in [-0.25, -0.2) is 14.4 Å². The molecule has 0 amide bonds. The fourth-order valence-corrected chi connectivity index (χ4v) is 5.86. The van der Waals surface area contributed by atoms with Crippen molar-refractivity contribution in [2.24, 2.45) is 17.8 Å². The molecule has 3 rings (SSSR count). The number of carbonyl (C=O) groups is 6. The molecular weight excluding hydrogens is 588 g/mol. The van der Waals surface area contributed by atoms with Crippen LogP contribution in [-0.2, 0) is 28.8 Å². The molecule has 0 radical (unpaired) electrons. The Morgan fingerprint density at radius 2 is 0.578 bits per heavy atom. The zero-order valence-corrected chi connectivity index (χ0v) is 25.8. The second kappa shape index (κ2) is 21.7. The van der Waals surface area contributed by atoms with E-state index in [1.54, 1.807) is 18.2 Å². The Balaban J connectivity index is 0.000000337. The molecule has 3 fully saturated rings. The van der Waals surface area contributed by atoms with Crippen molar-refractivity contribution < 1.29 is 59.4 Å². The largest absolute Gasteiger partial charge is 0.481 e. The maximum absolute atomic E-state index is 10.8. The standard InChI is InChI=1S/3C11H16O4/c3*12-10(13)7-9(11(14)15)6-8-4-2-1-3-5-8/h3*6,8H,1-5,7H2,(H,12,13)(H,14,15)/b3*9-6+. The minimum absolute atomic E-state index is 0.0226. The van der Waals surface area contributed by atoms with Crippen LogP contribution in [-0.4, -0.2) is 66.5 Å². The Labute approximate surface area is 263 Å². The van der Waals surface area contributed by atoms with Crippen LogP contribution >= 0.6 is 0 Å². The molecule has 3 aliphatic rings. The number of hydrogen-bond donors (Lipinski definition) is 6. The van der Waals surface area contributed by atoms with Gasteiger partial charge in [-0.05, 0) is 56.3 Å². The van der Waals surface area contributed by atoms with Crippen molar-refractivity contribution in [3.05, 3.63) is 34.9 Å². The van der Waals surface area contributed by atoms with Crippen LogP contribution in [0.5, 0.6) is 0 Å². The van der Waals surface area contributed by atoms with Gasteiger partial charge in [0.1, 0.15) is 0 Å². The molecule has 0 unspecified atom stereocenters. The van der Waals surface area contributed by atoms with Crippen LogP contribution < -0.4 is 0 Å². The summed E-state index contributed by atoms with van der Waals surface area (Å²) < 4.78 is 0. The maximum atomic E-state index is 10.8. The van der Waals surface area contributed by atoms with Gasteiger partial charge in [-0.3, -0.25) is 14.4 Å². The summed E-state index contributed by atoms with van der Waals surface area (Å²) >= 11 is 0. The summed E-state index contributed by atoms with van der Waals surface area (Å²) in [7, 11) is 0. The molecule has 45 heavy (non-hydrogen) atoms. The molecule has 252 valence electrons. The lowest BCUT2D eigenvalue weighted by Gasteiger charge is -2.18. The van der Waals surface area contributed by atoms with E-state index in [1.165, 1.54) is 19.3 Å². The van der Waals surface area contributed by atoms with E-state index in [9.17, 15) is 28.8 Å². The molecule has 0 heterocycles. The van der Waals surface area contributed by atoms with Crippen LogP contribution in [0.15, 0.2) is 34.9 Å². The third kappa shape index (κ3) is 18.4. The van der Waals surface area contributed by atoms with Crippen LogP contribution in [0, 0.1) is 17.8 Å². The van der Waals surface area contributed by atoms with Crippen LogP contribution in [0.4, 0.5) is 0 Å². The summed E-state index contributed by atoms with van der Waals surface area (Å²) in [5.41, 5.74) is 0.0678. The number of allylic oxidation sites excluding steroid dienone is 3. The summed E-state index contributed by atoms with van der Waals surface area (Å²) in [5.74, 6) is -5.81. The van der Waals surface area contributed by atoms with E-state index < -0.39 is 35.8 Å². The fraction of sp³-hybridized carbons (Fsp3) is 0.636. The number of aliphatic carboxylic acids is 6. The Bertz CT molecular complexity index is 961.